The highest BCUT2D eigenvalue weighted by Gasteiger charge is 2.36. The third-order valence-corrected chi connectivity index (χ3v) is 4.91. The molecule has 1 N–H and O–H groups in total. The van der Waals surface area contributed by atoms with Crippen molar-refractivity contribution >= 4 is 11.8 Å². The maximum atomic E-state index is 12.9. The number of amides is 2. The van der Waals surface area contributed by atoms with E-state index in [1.54, 1.807) is 17.0 Å². The van der Waals surface area contributed by atoms with Crippen LogP contribution in [0.2, 0.25) is 0 Å². The van der Waals surface area contributed by atoms with Crippen molar-refractivity contribution < 1.29 is 14.0 Å². The Morgan fingerprint density at radius 1 is 1.12 bits per heavy atom. The lowest BCUT2D eigenvalue weighted by Gasteiger charge is -2.36. The molecule has 0 bridgehead atoms. The Balaban J connectivity index is 1.89. The Bertz CT molecular complexity index is 752. The Morgan fingerprint density at radius 3 is 2.48 bits per heavy atom. The SMILES string of the molecule is CC(C)C(C)NC(=O)C1Cc2ccccc2CN1C(=O)c1ccco1. The number of carbonyl (C=O) groups is 2. The minimum atomic E-state index is -0.534. The fraction of sp³-hybridized carbons (Fsp3) is 0.400. The molecule has 0 saturated heterocycles. The molecule has 3 rings (SSSR count). The summed E-state index contributed by atoms with van der Waals surface area (Å²) in [6, 6.07) is 10.8. The summed E-state index contributed by atoms with van der Waals surface area (Å²) in [5.74, 6) is 0.218. The van der Waals surface area contributed by atoms with Crippen LogP contribution in [0.15, 0.2) is 47.1 Å². The summed E-state index contributed by atoms with van der Waals surface area (Å²) in [5, 5.41) is 3.05. The van der Waals surface area contributed by atoms with Crippen LogP contribution in [-0.4, -0.2) is 28.8 Å². The van der Waals surface area contributed by atoms with Gasteiger partial charge in [0.05, 0.1) is 6.26 Å². The van der Waals surface area contributed by atoms with E-state index in [2.05, 4.69) is 19.2 Å². The topological polar surface area (TPSA) is 62.6 Å². The van der Waals surface area contributed by atoms with E-state index in [1.165, 1.54) is 6.26 Å². The number of nitrogens with one attached hydrogen (secondary N) is 1. The lowest BCUT2D eigenvalue weighted by Crippen LogP contribution is -2.54. The fourth-order valence-corrected chi connectivity index (χ4v) is 3.00. The van der Waals surface area contributed by atoms with Gasteiger partial charge in [0.25, 0.3) is 5.91 Å². The first-order chi connectivity index (χ1) is 12.0. The summed E-state index contributed by atoms with van der Waals surface area (Å²) in [6.45, 7) is 6.52. The van der Waals surface area contributed by atoms with Crippen LogP contribution in [-0.2, 0) is 17.8 Å². The fourth-order valence-electron chi connectivity index (χ4n) is 3.00. The number of hydrogen-bond donors (Lipinski definition) is 1. The van der Waals surface area contributed by atoms with Crippen molar-refractivity contribution in [3.8, 4) is 0 Å². The van der Waals surface area contributed by atoms with Crippen molar-refractivity contribution in [2.24, 2.45) is 5.92 Å². The smallest absolute Gasteiger partial charge is 0.290 e. The van der Waals surface area contributed by atoms with Crippen LogP contribution in [0, 0.1) is 5.92 Å². The summed E-state index contributed by atoms with van der Waals surface area (Å²) >= 11 is 0. The van der Waals surface area contributed by atoms with E-state index in [0.717, 1.165) is 11.1 Å². The summed E-state index contributed by atoms with van der Waals surface area (Å²) in [7, 11) is 0. The first kappa shape index (κ1) is 17.3. The van der Waals surface area contributed by atoms with Crippen molar-refractivity contribution in [2.75, 3.05) is 0 Å². The number of hydrogen-bond acceptors (Lipinski definition) is 3. The van der Waals surface area contributed by atoms with E-state index < -0.39 is 6.04 Å². The Morgan fingerprint density at radius 2 is 1.84 bits per heavy atom. The molecule has 0 saturated carbocycles. The second-order valence-corrected chi connectivity index (χ2v) is 6.94. The minimum absolute atomic E-state index is 0.0465. The van der Waals surface area contributed by atoms with Crippen molar-refractivity contribution in [3.63, 3.8) is 0 Å². The van der Waals surface area contributed by atoms with Crippen LogP contribution >= 0.6 is 0 Å². The van der Waals surface area contributed by atoms with Crippen molar-refractivity contribution in [1.29, 1.82) is 0 Å². The molecule has 5 nitrogen and oxygen atoms in total. The van der Waals surface area contributed by atoms with Gasteiger partial charge in [-0.25, -0.2) is 0 Å². The second kappa shape index (κ2) is 7.13. The largest absolute Gasteiger partial charge is 0.459 e. The highest BCUT2D eigenvalue weighted by molar-refractivity contribution is 5.96. The van der Waals surface area contributed by atoms with Gasteiger partial charge in [0.15, 0.2) is 5.76 Å². The molecule has 0 fully saturated rings. The van der Waals surface area contributed by atoms with E-state index in [4.69, 9.17) is 4.42 Å². The lowest BCUT2D eigenvalue weighted by molar-refractivity contribution is -0.127. The Labute approximate surface area is 148 Å². The Hall–Kier alpha value is -2.56. The molecule has 2 aromatic rings. The predicted octanol–water partition coefficient (Wildman–Crippen LogP) is 3.01. The van der Waals surface area contributed by atoms with Crippen LogP contribution in [0.3, 0.4) is 0 Å². The molecule has 5 heteroatoms. The molecular formula is C20H24N2O3. The normalized spacial score (nSPS) is 17.9. The van der Waals surface area contributed by atoms with Gasteiger partial charge in [-0.05, 0) is 36.1 Å². The molecular weight excluding hydrogens is 316 g/mol. The third kappa shape index (κ3) is 3.60. The van der Waals surface area contributed by atoms with Gasteiger partial charge in [0.1, 0.15) is 6.04 Å². The molecule has 1 aliphatic rings. The predicted molar refractivity (Wildman–Crippen MR) is 95.0 cm³/mol. The molecule has 2 atom stereocenters. The van der Waals surface area contributed by atoms with Crippen LogP contribution in [0.25, 0.3) is 0 Å². The molecule has 0 aliphatic carbocycles. The molecule has 2 unspecified atom stereocenters. The van der Waals surface area contributed by atoms with Gasteiger partial charge in [-0.15, -0.1) is 0 Å². The number of benzene rings is 1. The average Bonchev–Trinajstić information content (AvgIpc) is 3.14. The van der Waals surface area contributed by atoms with Crippen LogP contribution in [0.5, 0.6) is 0 Å². The number of fused-ring (bicyclic) bond motifs is 1. The molecule has 1 aromatic carbocycles. The maximum absolute atomic E-state index is 12.9. The first-order valence-corrected chi connectivity index (χ1v) is 8.69. The minimum Gasteiger partial charge on any atom is -0.459 e. The second-order valence-electron chi connectivity index (χ2n) is 6.94. The number of carbonyl (C=O) groups excluding carboxylic acids is 2. The quantitative estimate of drug-likeness (QED) is 0.931. The van der Waals surface area contributed by atoms with Crippen LogP contribution in [0.4, 0.5) is 0 Å². The highest BCUT2D eigenvalue weighted by Crippen LogP contribution is 2.25. The van der Waals surface area contributed by atoms with E-state index in [9.17, 15) is 9.59 Å². The van der Waals surface area contributed by atoms with Gasteiger partial charge in [-0.2, -0.15) is 0 Å². The van der Waals surface area contributed by atoms with Crippen molar-refractivity contribution in [3.05, 3.63) is 59.5 Å². The van der Waals surface area contributed by atoms with Crippen LogP contribution < -0.4 is 5.32 Å². The van der Waals surface area contributed by atoms with Crippen LogP contribution in [0.1, 0.15) is 42.5 Å². The van der Waals surface area contributed by atoms with Gasteiger partial charge >= 0.3 is 0 Å². The number of rotatable bonds is 4. The molecule has 0 spiro atoms. The summed E-state index contributed by atoms with van der Waals surface area (Å²) < 4.78 is 5.26. The van der Waals surface area contributed by atoms with E-state index in [-0.39, 0.29) is 23.6 Å². The number of furan rings is 1. The Kier molecular flexibility index (Phi) is 4.93. The van der Waals surface area contributed by atoms with E-state index >= 15 is 0 Å². The van der Waals surface area contributed by atoms with Gasteiger partial charge < -0.3 is 14.6 Å². The number of nitrogens with zero attached hydrogens (tertiary/aromatic N) is 1. The zero-order valence-electron chi connectivity index (χ0n) is 14.9. The third-order valence-electron chi connectivity index (χ3n) is 4.91. The first-order valence-electron chi connectivity index (χ1n) is 8.69. The molecule has 25 heavy (non-hydrogen) atoms. The summed E-state index contributed by atoms with van der Waals surface area (Å²) in [4.78, 5) is 27.3. The zero-order valence-corrected chi connectivity index (χ0v) is 14.9. The highest BCUT2D eigenvalue weighted by atomic mass is 16.3. The van der Waals surface area contributed by atoms with E-state index in [1.807, 2.05) is 31.2 Å². The zero-order chi connectivity index (χ0) is 18.0. The van der Waals surface area contributed by atoms with Crippen molar-refractivity contribution in [1.82, 2.24) is 10.2 Å². The standard InChI is InChI=1S/C20H24N2O3/c1-13(2)14(3)21-19(23)17-11-15-7-4-5-8-16(15)12-22(17)20(24)18-9-6-10-25-18/h4-10,13-14,17H,11-12H2,1-3H3,(H,21,23). The summed E-state index contributed by atoms with van der Waals surface area (Å²) in [6.07, 6.45) is 1.99. The van der Waals surface area contributed by atoms with Gasteiger partial charge in [0, 0.05) is 19.0 Å². The molecule has 1 aromatic heterocycles. The lowest BCUT2D eigenvalue weighted by atomic mass is 9.92. The molecule has 132 valence electrons. The maximum Gasteiger partial charge on any atom is 0.290 e. The molecule has 2 heterocycles. The monoisotopic (exact) mass is 340 g/mol. The molecule has 0 radical (unpaired) electrons. The molecule has 2 amide bonds. The van der Waals surface area contributed by atoms with E-state index in [0.29, 0.717) is 18.9 Å². The summed E-state index contributed by atoms with van der Waals surface area (Å²) in [5.41, 5.74) is 2.19. The average molecular weight is 340 g/mol. The van der Waals surface area contributed by atoms with Crippen molar-refractivity contribution in [2.45, 2.75) is 45.8 Å². The van der Waals surface area contributed by atoms with Gasteiger partial charge in [0.2, 0.25) is 5.91 Å². The molecule has 1 aliphatic heterocycles. The van der Waals surface area contributed by atoms with Gasteiger partial charge in [-0.3, -0.25) is 9.59 Å². The van der Waals surface area contributed by atoms with Gasteiger partial charge in [-0.1, -0.05) is 38.1 Å².